The second-order valence-corrected chi connectivity index (χ2v) is 4.31. The third-order valence-electron chi connectivity index (χ3n) is 1.74. The Morgan fingerprint density at radius 1 is 1.19 bits per heavy atom. The summed E-state index contributed by atoms with van der Waals surface area (Å²) in [5.74, 6) is -3.04. The van der Waals surface area contributed by atoms with Gasteiger partial charge in [-0.2, -0.15) is 21.6 Å². The van der Waals surface area contributed by atoms with Crippen molar-refractivity contribution in [2.75, 3.05) is 0 Å². The Balaban J connectivity index is 3.36. The zero-order chi connectivity index (χ0) is 12.6. The standard InChI is InChI=1S/C8H5F5O2S/c9-7-3-1-2-6(8(10,11)12)5(7)4-16(13,14)15/h1-3H,4H2. The molecular formula is C8H5F5O2S. The Hall–Kier alpha value is -1.18. The third kappa shape index (κ3) is 3.16. The molecule has 0 aliphatic heterocycles. The first-order valence-electron chi connectivity index (χ1n) is 3.88. The van der Waals surface area contributed by atoms with E-state index < -0.39 is 39.1 Å². The fraction of sp³-hybridized carbons (Fsp3) is 0.250. The van der Waals surface area contributed by atoms with E-state index in [1.54, 1.807) is 0 Å². The molecule has 8 heteroatoms. The lowest BCUT2D eigenvalue weighted by molar-refractivity contribution is -0.138. The van der Waals surface area contributed by atoms with Gasteiger partial charge in [0.05, 0.1) is 5.56 Å². The highest BCUT2D eigenvalue weighted by molar-refractivity contribution is 7.85. The summed E-state index contributed by atoms with van der Waals surface area (Å²) in [5, 5.41) is 0. The van der Waals surface area contributed by atoms with Crippen LogP contribution in [0.4, 0.5) is 21.4 Å². The highest BCUT2D eigenvalue weighted by Crippen LogP contribution is 2.33. The fourth-order valence-corrected chi connectivity index (χ4v) is 1.78. The number of halogens is 5. The summed E-state index contributed by atoms with van der Waals surface area (Å²) in [5.41, 5.74) is -2.70. The molecule has 0 saturated carbocycles. The normalized spacial score (nSPS) is 12.8. The smallest absolute Gasteiger partial charge is 0.207 e. The number of benzene rings is 1. The molecule has 0 radical (unpaired) electrons. The van der Waals surface area contributed by atoms with Gasteiger partial charge in [0.25, 0.3) is 0 Å². The van der Waals surface area contributed by atoms with Crippen molar-refractivity contribution in [1.29, 1.82) is 0 Å². The van der Waals surface area contributed by atoms with Crippen LogP contribution < -0.4 is 0 Å². The average molecular weight is 260 g/mol. The molecule has 0 N–H and O–H groups in total. The number of alkyl halides is 3. The van der Waals surface area contributed by atoms with Crippen LogP contribution >= 0.6 is 0 Å². The molecule has 16 heavy (non-hydrogen) atoms. The predicted octanol–water partition coefficient (Wildman–Crippen LogP) is 2.64. The summed E-state index contributed by atoms with van der Waals surface area (Å²) >= 11 is 0. The maximum Gasteiger partial charge on any atom is 0.416 e. The van der Waals surface area contributed by atoms with Crippen molar-refractivity contribution >= 4 is 10.2 Å². The van der Waals surface area contributed by atoms with E-state index in [9.17, 15) is 29.9 Å². The first-order valence-corrected chi connectivity index (χ1v) is 5.43. The Labute approximate surface area is 87.9 Å². The van der Waals surface area contributed by atoms with Crippen LogP contribution in [0.3, 0.4) is 0 Å². The van der Waals surface area contributed by atoms with Crippen molar-refractivity contribution in [3.8, 4) is 0 Å². The highest BCUT2D eigenvalue weighted by atomic mass is 32.3. The van der Waals surface area contributed by atoms with Crippen LogP contribution in [0.25, 0.3) is 0 Å². The van der Waals surface area contributed by atoms with Gasteiger partial charge < -0.3 is 0 Å². The van der Waals surface area contributed by atoms with Gasteiger partial charge in [-0.1, -0.05) is 6.07 Å². The zero-order valence-corrected chi connectivity index (χ0v) is 8.37. The number of hydrogen-bond donors (Lipinski definition) is 0. The molecule has 2 nitrogen and oxygen atoms in total. The molecule has 0 amide bonds. The van der Waals surface area contributed by atoms with Crippen LogP contribution in [0.2, 0.25) is 0 Å². The molecule has 0 spiro atoms. The second kappa shape index (κ2) is 4.00. The Kier molecular flexibility index (Phi) is 3.22. The maximum absolute atomic E-state index is 13.0. The minimum Gasteiger partial charge on any atom is -0.207 e. The topological polar surface area (TPSA) is 34.1 Å². The van der Waals surface area contributed by atoms with E-state index in [1.807, 2.05) is 0 Å². The van der Waals surface area contributed by atoms with Crippen LogP contribution in [0.5, 0.6) is 0 Å². The molecule has 0 aromatic heterocycles. The molecule has 0 saturated heterocycles. The average Bonchev–Trinajstić information content (AvgIpc) is 2.04. The second-order valence-electron chi connectivity index (χ2n) is 2.95. The van der Waals surface area contributed by atoms with Crippen molar-refractivity contribution in [3.05, 3.63) is 35.1 Å². The fourth-order valence-electron chi connectivity index (χ4n) is 1.14. The lowest BCUT2D eigenvalue weighted by atomic mass is 10.1. The van der Waals surface area contributed by atoms with Crippen molar-refractivity contribution in [1.82, 2.24) is 0 Å². The summed E-state index contributed by atoms with van der Waals surface area (Å²) < 4.78 is 82.7. The first kappa shape index (κ1) is 12.9. The van der Waals surface area contributed by atoms with Gasteiger partial charge in [-0.25, -0.2) is 4.39 Å². The SMILES string of the molecule is O=S(=O)(F)Cc1c(F)cccc1C(F)(F)F. The van der Waals surface area contributed by atoms with E-state index in [4.69, 9.17) is 0 Å². The number of rotatable bonds is 2. The van der Waals surface area contributed by atoms with E-state index in [0.29, 0.717) is 12.1 Å². The summed E-state index contributed by atoms with van der Waals surface area (Å²) in [4.78, 5) is 0. The van der Waals surface area contributed by atoms with E-state index in [0.717, 1.165) is 6.07 Å². The molecule has 1 aromatic rings. The molecule has 0 fully saturated rings. The van der Waals surface area contributed by atoms with E-state index in [1.165, 1.54) is 0 Å². The number of hydrogen-bond acceptors (Lipinski definition) is 2. The van der Waals surface area contributed by atoms with Gasteiger partial charge in [0.2, 0.25) is 0 Å². The summed E-state index contributed by atoms with van der Waals surface area (Å²) in [6.07, 6.45) is -4.93. The summed E-state index contributed by atoms with van der Waals surface area (Å²) in [7, 11) is -5.22. The highest BCUT2D eigenvalue weighted by Gasteiger charge is 2.35. The van der Waals surface area contributed by atoms with Gasteiger partial charge >= 0.3 is 16.4 Å². The Bertz CT molecular complexity index is 492. The quantitative estimate of drug-likeness (QED) is 0.605. The van der Waals surface area contributed by atoms with Gasteiger partial charge in [0, 0.05) is 5.56 Å². The summed E-state index contributed by atoms with van der Waals surface area (Å²) in [6.45, 7) is 0. The predicted molar refractivity (Wildman–Crippen MR) is 45.1 cm³/mol. The van der Waals surface area contributed by atoms with Gasteiger partial charge in [0.1, 0.15) is 11.6 Å². The molecule has 0 unspecified atom stereocenters. The van der Waals surface area contributed by atoms with E-state index in [-0.39, 0.29) is 0 Å². The minimum atomic E-state index is -5.22. The molecule has 0 heterocycles. The molecule has 0 bridgehead atoms. The molecular weight excluding hydrogens is 255 g/mol. The molecule has 0 aliphatic carbocycles. The molecule has 0 aliphatic rings. The molecule has 0 atom stereocenters. The maximum atomic E-state index is 13.0. The van der Waals surface area contributed by atoms with E-state index >= 15 is 0 Å². The molecule has 1 rings (SSSR count). The van der Waals surface area contributed by atoms with Crippen molar-refractivity contribution < 1.29 is 29.9 Å². The van der Waals surface area contributed by atoms with Crippen LogP contribution in [-0.4, -0.2) is 8.42 Å². The lowest BCUT2D eigenvalue weighted by Crippen LogP contribution is -2.12. The molecule has 90 valence electrons. The van der Waals surface area contributed by atoms with Crippen LogP contribution in [0.15, 0.2) is 18.2 Å². The van der Waals surface area contributed by atoms with Crippen molar-refractivity contribution in [3.63, 3.8) is 0 Å². The van der Waals surface area contributed by atoms with E-state index in [2.05, 4.69) is 0 Å². The van der Waals surface area contributed by atoms with Crippen LogP contribution in [-0.2, 0) is 22.2 Å². The van der Waals surface area contributed by atoms with Crippen LogP contribution in [0, 0.1) is 5.82 Å². The summed E-state index contributed by atoms with van der Waals surface area (Å²) in [6, 6.07) is 1.89. The third-order valence-corrected chi connectivity index (χ3v) is 2.37. The van der Waals surface area contributed by atoms with Gasteiger partial charge in [-0.15, -0.1) is 3.89 Å². The van der Waals surface area contributed by atoms with Gasteiger partial charge in [-0.3, -0.25) is 0 Å². The van der Waals surface area contributed by atoms with Crippen molar-refractivity contribution in [2.24, 2.45) is 0 Å². The first-order chi connectivity index (χ1) is 7.11. The zero-order valence-electron chi connectivity index (χ0n) is 7.55. The van der Waals surface area contributed by atoms with Crippen LogP contribution in [0.1, 0.15) is 11.1 Å². The monoisotopic (exact) mass is 260 g/mol. The Morgan fingerprint density at radius 2 is 1.75 bits per heavy atom. The molecule has 1 aromatic carbocycles. The van der Waals surface area contributed by atoms with Gasteiger partial charge in [0.15, 0.2) is 0 Å². The van der Waals surface area contributed by atoms with Crippen molar-refractivity contribution in [2.45, 2.75) is 11.9 Å². The van der Waals surface area contributed by atoms with Gasteiger partial charge in [-0.05, 0) is 12.1 Å². The lowest BCUT2D eigenvalue weighted by Gasteiger charge is -2.11. The minimum absolute atomic E-state index is 0.490. The largest absolute Gasteiger partial charge is 0.416 e. The Morgan fingerprint density at radius 3 is 2.19 bits per heavy atom.